The third kappa shape index (κ3) is 1.97. The first-order valence-corrected chi connectivity index (χ1v) is 7.61. The number of ether oxygens (including phenoxy) is 1. The minimum Gasteiger partial charge on any atom is -0.488 e. The highest BCUT2D eigenvalue weighted by Gasteiger charge is 2.56. The van der Waals surface area contributed by atoms with Crippen molar-refractivity contribution in [2.75, 3.05) is 0 Å². The van der Waals surface area contributed by atoms with E-state index in [-0.39, 0.29) is 17.6 Å². The highest BCUT2D eigenvalue weighted by Crippen LogP contribution is 2.53. The molecule has 0 saturated heterocycles. The molecule has 0 radical (unpaired) electrons. The van der Waals surface area contributed by atoms with Gasteiger partial charge in [-0.15, -0.1) is 0 Å². The summed E-state index contributed by atoms with van der Waals surface area (Å²) in [5, 5.41) is 10.1. The van der Waals surface area contributed by atoms with Gasteiger partial charge in [0.05, 0.1) is 10.6 Å². The fraction of sp³-hybridized carbons (Fsp3) is 0.600. The summed E-state index contributed by atoms with van der Waals surface area (Å²) in [5.41, 5.74) is 0.0352. The van der Waals surface area contributed by atoms with Gasteiger partial charge in [0.15, 0.2) is 0 Å². The van der Waals surface area contributed by atoms with Crippen LogP contribution in [0.2, 0.25) is 0 Å². The molecular weight excluding hydrogens is 292 g/mol. The second kappa shape index (κ2) is 4.86. The summed E-state index contributed by atoms with van der Waals surface area (Å²) in [6, 6.07) is 7.97. The fourth-order valence-corrected chi connectivity index (χ4v) is 3.83. The summed E-state index contributed by atoms with van der Waals surface area (Å²) < 4.78 is 7.14. The molecule has 0 aromatic heterocycles. The molecule has 2 nitrogen and oxygen atoms in total. The predicted molar refractivity (Wildman–Crippen MR) is 74.7 cm³/mol. The summed E-state index contributed by atoms with van der Waals surface area (Å²) >= 11 is 3.52. The molecule has 0 aliphatic heterocycles. The lowest BCUT2D eigenvalue weighted by atomic mass is 9.56. The molecule has 1 aromatic rings. The maximum absolute atomic E-state index is 10.1. The highest BCUT2D eigenvalue weighted by atomic mass is 79.9. The first-order chi connectivity index (χ1) is 8.72. The van der Waals surface area contributed by atoms with E-state index in [1.54, 1.807) is 0 Å². The lowest BCUT2D eigenvalue weighted by Gasteiger charge is -2.55. The summed E-state index contributed by atoms with van der Waals surface area (Å²) in [4.78, 5) is 0. The van der Waals surface area contributed by atoms with Crippen LogP contribution < -0.4 is 4.74 Å². The summed E-state index contributed by atoms with van der Waals surface area (Å²) in [6.45, 7) is 0. The van der Waals surface area contributed by atoms with Crippen molar-refractivity contribution in [3.63, 3.8) is 0 Å². The van der Waals surface area contributed by atoms with Crippen molar-refractivity contribution in [3.05, 3.63) is 28.7 Å². The van der Waals surface area contributed by atoms with E-state index >= 15 is 0 Å². The second-order valence-corrected chi connectivity index (χ2v) is 6.44. The number of halogens is 1. The Balaban J connectivity index is 1.75. The van der Waals surface area contributed by atoms with Crippen LogP contribution in [-0.4, -0.2) is 17.3 Å². The molecule has 2 fully saturated rings. The van der Waals surface area contributed by atoms with E-state index in [4.69, 9.17) is 4.74 Å². The van der Waals surface area contributed by atoms with Gasteiger partial charge in [0.2, 0.25) is 0 Å². The van der Waals surface area contributed by atoms with Gasteiger partial charge in [0.25, 0.3) is 0 Å². The van der Waals surface area contributed by atoms with E-state index in [0.29, 0.717) is 0 Å². The van der Waals surface area contributed by atoms with Gasteiger partial charge in [-0.3, -0.25) is 0 Å². The van der Waals surface area contributed by atoms with Gasteiger partial charge >= 0.3 is 0 Å². The molecule has 1 aromatic carbocycles. The lowest BCUT2D eigenvalue weighted by Crippen LogP contribution is -2.60. The number of benzene rings is 1. The number of hydrogen-bond donors (Lipinski definition) is 1. The van der Waals surface area contributed by atoms with Crippen LogP contribution in [0.1, 0.15) is 38.5 Å². The molecule has 18 heavy (non-hydrogen) atoms. The molecule has 0 heterocycles. The molecule has 3 heteroatoms. The van der Waals surface area contributed by atoms with Crippen LogP contribution in [0.5, 0.6) is 5.75 Å². The van der Waals surface area contributed by atoms with E-state index < -0.39 is 0 Å². The van der Waals surface area contributed by atoms with Crippen LogP contribution in [0.3, 0.4) is 0 Å². The molecule has 1 N–H and O–H groups in total. The normalized spacial score (nSPS) is 29.9. The maximum atomic E-state index is 10.1. The minimum atomic E-state index is -0.162. The molecule has 0 amide bonds. The van der Waals surface area contributed by atoms with E-state index in [1.165, 1.54) is 19.3 Å². The first-order valence-electron chi connectivity index (χ1n) is 6.82. The molecule has 98 valence electrons. The first kappa shape index (κ1) is 12.5. The maximum Gasteiger partial charge on any atom is 0.133 e. The second-order valence-electron chi connectivity index (χ2n) is 5.58. The van der Waals surface area contributed by atoms with E-state index in [0.717, 1.165) is 29.5 Å². The topological polar surface area (TPSA) is 29.5 Å². The van der Waals surface area contributed by atoms with Crippen molar-refractivity contribution >= 4 is 15.9 Å². The van der Waals surface area contributed by atoms with Gasteiger partial charge in [-0.05, 0) is 40.9 Å². The monoisotopic (exact) mass is 310 g/mol. The zero-order valence-corrected chi connectivity index (χ0v) is 12.0. The lowest BCUT2D eigenvalue weighted by molar-refractivity contribution is -0.172. The van der Waals surface area contributed by atoms with Gasteiger partial charge in [-0.1, -0.05) is 31.4 Å². The van der Waals surface area contributed by atoms with Gasteiger partial charge in [-0.2, -0.15) is 0 Å². The number of hydrogen-bond acceptors (Lipinski definition) is 2. The Labute approximate surface area is 116 Å². The third-order valence-electron chi connectivity index (χ3n) is 4.63. The van der Waals surface area contributed by atoms with Gasteiger partial charge in [-0.25, -0.2) is 0 Å². The van der Waals surface area contributed by atoms with Crippen LogP contribution in [-0.2, 0) is 0 Å². The smallest absolute Gasteiger partial charge is 0.133 e. The molecule has 2 unspecified atom stereocenters. The van der Waals surface area contributed by atoms with Crippen molar-refractivity contribution in [1.29, 1.82) is 0 Å². The Bertz CT molecular complexity index is 426. The summed E-state index contributed by atoms with van der Waals surface area (Å²) in [6.07, 6.45) is 6.79. The Kier molecular flexibility index (Phi) is 3.37. The third-order valence-corrected chi connectivity index (χ3v) is 5.29. The zero-order chi connectivity index (χ0) is 12.6. The molecule has 0 bridgehead atoms. The predicted octanol–water partition coefficient (Wildman–Crippen LogP) is 3.91. The van der Waals surface area contributed by atoms with Crippen molar-refractivity contribution in [2.24, 2.45) is 5.41 Å². The molecule has 3 rings (SSSR count). The molecule has 1 spiro atoms. The molecular formula is C15H19BrO2. The number of rotatable bonds is 2. The Morgan fingerprint density at radius 3 is 2.56 bits per heavy atom. The van der Waals surface area contributed by atoms with Crippen molar-refractivity contribution in [1.82, 2.24) is 0 Å². The van der Waals surface area contributed by atoms with Gasteiger partial charge in [0.1, 0.15) is 11.9 Å². The Morgan fingerprint density at radius 1 is 1.17 bits per heavy atom. The number of para-hydroxylation sites is 1. The van der Waals surface area contributed by atoms with Crippen LogP contribution in [0.25, 0.3) is 0 Å². The van der Waals surface area contributed by atoms with E-state index in [1.807, 2.05) is 24.3 Å². The van der Waals surface area contributed by atoms with Gasteiger partial charge in [0, 0.05) is 11.8 Å². The van der Waals surface area contributed by atoms with Gasteiger partial charge < -0.3 is 9.84 Å². The van der Waals surface area contributed by atoms with Crippen LogP contribution >= 0.6 is 15.9 Å². The van der Waals surface area contributed by atoms with E-state index in [2.05, 4.69) is 15.9 Å². The Hall–Kier alpha value is -0.540. The molecule has 2 aliphatic rings. The Morgan fingerprint density at radius 2 is 1.89 bits per heavy atom. The minimum absolute atomic E-state index is 0.0352. The zero-order valence-electron chi connectivity index (χ0n) is 10.4. The fourth-order valence-electron chi connectivity index (χ4n) is 3.45. The van der Waals surface area contributed by atoms with Crippen molar-refractivity contribution in [3.8, 4) is 5.75 Å². The average molecular weight is 311 g/mol. The molecule has 2 aliphatic carbocycles. The SMILES string of the molecule is OC1CC(Oc2ccccc2Br)C12CCCCC2. The van der Waals surface area contributed by atoms with Crippen molar-refractivity contribution < 1.29 is 9.84 Å². The van der Waals surface area contributed by atoms with Crippen LogP contribution in [0.4, 0.5) is 0 Å². The molecule has 2 saturated carbocycles. The van der Waals surface area contributed by atoms with Crippen LogP contribution in [0.15, 0.2) is 28.7 Å². The summed E-state index contributed by atoms with van der Waals surface area (Å²) in [7, 11) is 0. The standard InChI is InChI=1S/C15H19BrO2/c16-11-6-2-3-7-12(11)18-14-10-13(17)15(14)8-4-1-5-9-15/h2-3,6-7,13-14,17H,1,4-5,8-10H2. The number of aliphatic hydroxyl groups excluding tert-OH is 1. The largest absolute Gasteiger partial charge is 0.488 e. The van der Waals surface area contributed by atoms with Crippen molar-refractivity contribution in [2.45, 2.75) is 50.7 Å². The summed E-state index contributed by atoms with van der Waals surface area (Å²) in [5.74, 6) is 0.902. The van der Waals surface area contributed by atoms with Crippen LogP contribution in [0, 0.1) is 5.41 Å². The molecule has 2 atom stereocenters. The average Bonchev–Trinajstić information content (AvgIpc) is 2.41. The number of aliphatic hydroxyl groups is 1. The van der Waals surface area contributed by atoms with E-state index in [9.17, 15) is 5.11 Å². The quantitative estimate of drug-likeness (QED) is 0.897. The highest BCUT2D eigenvalue weighted by molar-refractivity contribution is 9.10.